The Kier molecular flexibility index (Phi) is 2.54. The van der Waals surface area contributed by atoms with Gasteiger partial charge in [-0.3, -0.25) is 0 Å². The van der Waals surface area contributed by atoms with E-state index in [0.29, 0.717) is 11.7 Å². The lowest BCUT2D eigenvalue weighted by Gasteiger charge is -2.11. The number of rotatable bonds is 3. The first-order chi connectivity index (χ1) is 6.25. The van der Waals surface area contributed by atoms with Gasteiger partial charge in [0.1, 0.15) is 11.6 Å². The summed E-state index contributed by atoms with van der Waals surface area (Å²) in [6.45, 7) is 0. The van der Waals surface area contributed by atoms with Crippen molar-refractivity contribution in [1.82, 2.24) is 0 Å². The van der Waals surface area contributed by atoms with E-state index in [1.54, 1.807) is 12.1 Å². The van der Waals surface area contributed by atoms with E-state index in [9.17, 15) is 4.39 Å². The van der Waals surface area contributed by atoms with Crippen LogP contribution in [0.15, 0.2) is 24.3 Å². The molecule has 1 aliphatic carbocycles. The van der Waals surface area contributed by atoms with E-state index in [-0.39, 0.29) is 10.8 Å². The molecule has 1 aromatic rings. The highest BCUT2D eigenvalue weighted by atomic mass is 79.9. The van der Waals surface area contributed by atoms with E-state index >= 15 is 0 Å². The van der Waals surface area contributed by atoms with Crippen molar-refractivity contribution in [3.05, 3.63) is 30.1 Å². The highest BCUT2D eigenvalue weighted by Crippen LogP contribution is 2.37. The molecule has 0 amide bonds. The Labute approximate surface area is 85.0 Å². The summed E-state index contributed by atoms with van der Waals surface area (Å²) in [4.78, 5) is 0. The molecule has 1 aromatic carbocycles. The quantitative estimate of drug-likeness (QED) is 0.742. The van der Waals surface area contributed by atoms with E-state index in [1.807, 2.05) is 0 Å². The number of ether oxygens (including phenoxy) is 1. The van der Waals surface area contributed by atoms with Crippen molar-refractivity contribution in [2.45, 2.75) is 17.9 Å². The maximum Gasteiger partial charge on any atom is 0.156 e. The summed E-state index contributed by atoms with van der Waals surface area (Å²) in [5.41, 5.74) is 0. The smallest absolute Gasteiger partial charge is 0.156 e. The minimum Gasteiger partial charge on any atom is -0.479 e. The van der Waals surface area contributed by atoms with E-state index in [4.69, 9.17) is 4.74 Å². The molecule has 0 heterocycles. The normalized spacial score (nSPS) is 18.3. The van der Waals surface area contributed by atoms with Gasteiger partial charge in [-0.2, -0.15) is 0 Å². The zero-order valence-corrected chi connectivity index (χ0v) is 8.63. The van der Waals surface area contributed by atoms with Crippen LogP contribution in [0.5, 0.6) is 5.75 Å². The fourth-order valence-electron chi connectivity index (χ4n) is 1.12. The minimum atomic E-state index is -0.256. The number of hydrogen-bond donors (Lipinski definition) is 0. The molecule has 0 bridgehead atoms. The van der Waals surface area contributed by atoms with E-state index in [2.05, 4.69) is 15.9 Å². The molecule has 0 aromatic heterocycles. The molecule has 1 nitrogen and oxygen atoms in total. The summed E-state index contributed by atoms with van der Waals surface area (Å²) < 4.78 is 18.2. The lowest BCUT2D eigenvalue weighted by Crippen LogP contribution is -2.09. The molecular weight excluding hydrogens is 235 g/mol. The molecule has 1 aliphatic rings. The maximum atomic E-state index is 12.7. The summed E-state index contributed by atoms with van der Waals surface area (Å²) in [7, 11) is 0. The third kappa shape index (κ3) is 2.44. The van der Waals surface area contributed by atoms with Crippen LogP contribution < -0.4 is 4.74 Å². The topological polar surface area (TPSA) is 9.23 Å². The second kappa shape index (κ2) is 3.66. The van der Waals surface area contributed by atoms with Crippen molar-refractivity contribution in [3.8, 4) is 5.75 Å². The Balaban J connectivity index is 2.00. The number of alkyl halides is 1. The fraction of sp³-hybridized carbons (Fsp3) is 0.400. The first-order valence-corrected chi connectivity index (χ1v) is 5.23. The first kappa shape index (κ1) is 9.00. The van der Waals surface area contributed by atoms with Crippen LogP contribution in [-0.2, 0) is 0 Å². The SMILES string of the molecule is Fc1cccc(OC(Br)C2CC2)c1. The molecule has 1 saturated carbocycles. The highest BCUT2D eigenvalue weighted by Gasteiger charge is 2.30. The van der Waals surface area contributed by atoms with Crippen LogP contribution in [-0.4, -0.2) is 5.01 Å². The minimum absolute atomic E-state index is 0.0364. The highest BCUT2D eigenvalue weighted by molar-refractivity contribution is 9.09. The van der Waals surface area contributed by atoms with Crippen LogP contribution in [0.2, 0.25) is 0 Å². The van der Waals surface area contributed by atoms with Gasteiger partial charge in [0.25, 0.3) is 0 Å². The Hall–Kier alpha value is -0.570. The van der Waals surface area contributed by atoms with E-state index in [0.717, 1.165) is 0 Å². The maximum absolute atomic E-state index is 12.7. The molecule has 1 atom stereocenters. The Morgan fingerprint density at radius 3 is 2.85 bits per heavy atom. The summed E-state index contributed by atoms with van der Waals surface area (Å²) in [5, 5.41) is 0.0364. The third-order valence-electron chi connectivity index (χ3n) is 2.04. The van der Waals surface area contributed by atoms with Crippen molar-refractivity contribution < 1.29 is 9.13 Å². The standard InChI is InChI=1S/C10H10BrFO/c11-10(7-4-5-7)13-9-3-1-2-8(12)6-9/h1-3,6-7,10H,4-5H2. The van der Waals surface area contributed by atoms with Crippen molar-refractivity contribution >= 4 is 15.9 Å². The van der Waals surface area contributed by atoms with Gasteiger partial charge in [0.05, 0.1) is 0 Å². The predicted molar refractivity (Wildman–Crippen MR) is 52.5 cm³/mol. The average molecular weight is 245 g/mol. The van der Waals surface area contributed by atoms with Crippen LogP contribution in [0, 0.1) is 11.7 Å². The molecule has 70 valence electrons. The van der Waals surface area contributed by atoms with Crippen LogP contribution in [0.1, 0.15) is 12.8 Å². The van der Waals surface area contributed by atoms with Gasteiger partial charge in [0, 0.05) is 12.0 Å². The number of hydrogen-bond acceptors (Lipinski definition) is 1. The monoisotopic (exact) mass is 244 g/mol. The van der Waals surface area contributed by atoms with Gasteiger partial charge >= 0.3 is 0 Å². The average Bonchev–Trinajstić information content (AvgIpc) is 2.85. The van der Waals surface area contributed by atoms with E-state index < -0.39 is 0 Å². The first-order valence-electron chi connectivity index (χ1n) is 4.32. The fourth-order valence-corrected chi connectivity index (χ4v) is 1.87. The zero-order valence-electron chi connectivity index (χ0n) is 7.04. The van der Waals surface area contributed by atoms with Crippen molar-refractivity contribution in [2.75, 3.05) is 0 Å². The van der Waals surface area contributed by atoms with Gasteiger partial charge in [0.2, 0.25) is 0 Å². The van der Waals surface area contributed by atoms with Crippen LogP contribution in [0.3, 0.4) is 0 Å². The Morgan fingerprint density at radius 1 is 1.46 bits per heavy atom. The number of benzene rings is 1. The molecule has 13 heavy (non-hydrogen) atoms. The summed E-state index contributed by atoms with van der Waals surface area (Å²) >= 11 is 3.42. The molecule has 0 saturated heterocycles. The zero-order chi connectivity index (χ0) is 9.26. The molecule has 0 N–H and O–H groups in total. The lowest BCUT2D eigenvalue weighted by atomic mass is 10.3. The summed E-state index contributed by atoms with van der Waals surface area (Å²) in [6.07, 6.45) is 2.40. The summed E-state index contributed by atoms with van der Waals surface area (Å²) in [5.74, 6) is 0.935. The molecule has 1 unspecified atom stereocenters. The summed E-state index contributed by atoms with van der Waals surface area (Å²) in [6, 6.07) is 6.22. The van der Waals surface area contributed by atoms with Crippen LogP contribution >= 0.6 is 15.9 Å². The van der Waals surface area contributed by atoms with Crippen molar-refractivity contribution in [1.29, 1.82) is 0 Å². The second-order valence-electron chi connectivity index (χ2n) is 3.26. The van der Waals surface area contributed by atoms with Crippen molar-refractivity contribution in [3.63, 3.8) is 0 Å². The largest absolute Gasteiger partial charge is 0.479 e. The van der Waals surface area contributed by atoms with Gasteiger partial charge in [0.15, 0.2) is 5.01 Å². The van der Waals surface area contributed by atoms with Crippen molar-refractivity contribution in [2.24, 2.45) is 5.92 Å². The Morgan fingerprint density at radius 2 is 2.23 bits per heavy atom. The molecule has 3 heteroatoms. The molecular formula is C10H10BrFO. The lowest BCUT2D eigenvalue weighted by molar-refractivity contribution is 0.271. The van der Waals surface area contributed by atoms with Gasteiger partial charge in [-0.25, -0.2) is 4.39 Å². The molecule has 0 spiro atoms. The third-order valence-corrected chi connectivity index (χ3v) is 2.97. The Bertz CT molecular complexity index is 299. The predicted octanol–water partition coefficient (Wildman–Crippen LogP) is 3.34. The molecule has 0 radical (unpaired) electrons. The van der Waals surface area contributed by atoms with Crippen LogP contribution in [0.4, 0.5) is 4.39 Å². The second-order valence-corrected chi connectivity index (χ2v) is 4.17. The van der Waals surface area contributed by atoms with Crippen LogP contribution in [0.25, 0.3) is 0 Å². The molecule has 2 rings (SSSR count). The molecule has 0 aliphatic heterocycles. The number of halogens is 2. The van der Waals surface area contributed by atoms with Gasteiger partial charge in [-0.05, 0) is 40.9 Å². The van der Waals surface area contributed by atoms with E-state index in [1.165, 1.54) is 25.0 Å². The van der Waals surface area contributed by atoms with Gasteiger partial charge < -0.3 is 4.74 Å². The molecule has 1 fully saturated rings. The van der Waals surface area contributed by atoms with Gasteiger partial charge in [-0.1, -0.05) is 6.07 Å². The van der Waals surface area contributed by atoms with Gasteiger partial charge in [-0.15, -0.1) is 0 Å².